The molecule has 0 bridgehead atoms. The van der Waals surface area contributed by atoms with E-state index < -0.39 is 0 Å². The van der Waals surface area contributed by atoms with Crippen LogP contribution in [0.5, 0.6) is 0 Å². The van der Waals surface area contributed by atoms with Crippen LogP contribution in [0.2, 0.25) is 5.15 Å². The van der Waals surface area contributed by atoms with Crippen molar-refractivity contribution in [3.63, 3.8) is 0 Å². The number of hydrogen-bond acceptors (Lipinski definition) is 4. The van der Waals surface area contributed by atoms with E-state index in [1.165, 1.54) is 11.1 Å². The zero-order valence-corrected chi connectivity index (χ0v) is 11.2. The highest BCUT2D eigenvalue weighted by molar-refractivity contribution is 7.80. The Balaban J connectivity index is 2.34. The molecule has 17 heavy (non-hydrogen) atoms. The summed E-state index contributed by atoms with van der Waals surface area (Å²) >= 11 is 9.94. The van der Waals surface area contributed by atoms with E-state index in [0.717, 1.165) is 5.69 Å². The zero-order chi connectivity index (χ0) is 12.4. The van der Waals surface area contributed by atoms with Crippen molar-refractivity contribution in [3.05, 3.63) is 40.5 Å². The standard InChI is InChI=1S/C12H12ClN3S/c1-7-4-3-5-9(8(7)2)14-11-6-10(13)15-12(17)16-11/h3-6H,1-2H3,(H2,14,15,16,17). The quantitative estimate of drug-likeness (QED) is 0.493. The average Bonchev–Trinajstić information content (AvgIpc) is 2.23. The maximum Gasteiger partial charge on any atom is 0.187 e. The first kappa shape index (κ1) is 12.2. The number of nitrogens with zero attached hydrogens (tertiary/aromatic N) is 2. The molecule has 3 nitrogen and oxygen atoms in total. The number of thiol groups is 1. The smallest absolute Gasteiger partial charge is 0.187 e. The van der Waals surface area contributed by atoms with Crippen LogP contribution in [0.25, 0.3) is 0 Å². The predicted molar refractivity (Wildman–Crippen MR) is 73.5 cm³/mol. The minimum Gasteiger partial charge on any atom is -0.340 e. The minimum atomic E-state index is 0.352. The molecule has 0 saturated heterocycles. The molecule has 0 aliphatic carbocycles. The molecule has 1 N–H and O–H groups in total. The largest absolute Gasteiger partial charge is 0.340 e. The lowest BCUT2D eigenvalue weighted by Gasteiger charge is -2.10. The van der Waals surface area contributed by atoms with Gasteiger partial charge >= 0.3 is 0 Å². The molecule has 0 amide bonds. The molecular formula is C12H12ClN3S. The summed E-state index contributed by atoms with van der Waals surface area (Å²) in [6.07, 6.45) is 0. The molecule has 1 heterocycles. The second-order valence-corrected chi connectivity index (χ2v) is 4.54. The lowest BCUT2D eigenvalue weighted by Crippen LogP contribution is -1.98. The maximum atomic E-state index is 5.85. The predicted octanol–water partition coefficient (Wildman–Crippen LogP) is 3.78. The van der Waals surface area contributed by atoms with E-state index in [0.29, 0.717) is 16.1 Å². The summed E-state index contributed by atoms with van der Waals surface area (Å²) in [5.41, 5.74) is 3.41. The highest BCUT2D eigenvalue weighted by Gasteiger charge is 2.04. The lowest BCUT2D eigenvalue weighted by molar-refractivity contribution is 0.980. The van der Waals surface area contributed by atoms with Crippen LogP contribution in [0, 0.1) is 13.8 Å². The Hall–Kier alpha value is -1.26. The molecule has 1 aromatic carbocycles. The fourth-order valence-electron chi connectivity index (χ4n) is 1.49. The fourth-order valence-corrected chi connectivity index (χ4v) is 1.95. The molecule has 0 saturated carbocycles. The number of nitrogens with one attached hydrogen (secondary N) is 1. The van der Waals surface area contributed by atoms with Crippen molar-refractivity contribution >= 4 is 35.7 Å². The number of rotatable bonds is 2. The molecule has 0 radical (unpaired) electrons. The number of anilines is 2. The Bertz CT molecular complexity index is 537. The molecular weight excluding hydrogens is 254 g/mol. The van der Waals surface area contributed by atoms with E-state index in [1.807, 2.05) is 12.1 Å². The minimum absolute atomic E-state index is 0.352. The Morgan fingerprint density at radius 2 is 2.00 bits per heavy atom. The SMILES string of the molecule is Cc1cccc(Nc2cc(Cl)nc(S)n2)c1C. The van der Waals surface area contributed by atoms with Crippen LogP contribution < -0.4 is 5.32 Å². The number of benzene rings is 1. The van der Waals surface area contributed by atoms with Crippen LogP contribution in [0.4, 0.5) is 11.5 Å². The summed E-state index contributed by atoms with van der Waals surface area (Å²) in [4.78, 5) is 8.05. The van der Waals surface area contributed by atoms with Crippen LogP contribution in [0.15, 0.2) is 29.4 Å². The summed E-state index contributed by atoms with van der Waals surface area (Å²) < 4.78 is 0. The third kappa shape index (κ3) is 2.90. The second kappa shape index (κ2) is 4.94. The van der Waals surface area contributed by atoms with Gasteiger partial charge in [0.25, 0.3) is 0 Å². The average molecular weight is 266 g/mol. The highest BCUT2D eigenvalue weighted by Crippen LogP contribution is 2.23. The molecule has 0 unspecified atom stereocenters. The Kier molecular flexibility index (Phi) is 3.54. The first-order valence-electron chi connectivity index (χ1n) is 5.13. The van der Waals surface area contributed by atoms with Gasteiger partial charge in [0.2, 0.25) is 0 Å². The van der Waals surface area contributed by atoms with E-state index in [2.05, 4.69) is 47.8 Å². The van der Waals surface area contributed by atoms with E-state index in [4.69, 9.17) is 11.6 Å². The van der Waals surface area contributed by atoms with Gasteiger partial charge in [-0.2, -0.15) is 0 Å². The van der Waals surface area contributed by atoms with Gasteiger partial charge in [-0.3, -0.25) is 0 Å². The number of hydrogen-bond donors (Lipinski definition) is 2. The maximum absolute atomic E-state index is 5.85. The fraction of sp³-hybridized carbons (Fsp3) is 0.167. The summed E-state index contributed by atoms with van der Waals surface area (Å²) in [5, 5.41) is 3.94. The summed E-state index contributed by atoms with van der Waals surface area (Å²) in [5.74, 6) is 0.642. The van der Waals surface area contributed by atoms with Crippen molar-refractivity contribution in [3.8, 4) is 0 Å². The Labute approximate surface area is 111 Å². The molecule has 0 aliphatic rings. The van der Waals surface area contributed by atoms with Crippen LogP contribution in [0.3, 0.4) is 0 Å². The van der Waals surface area contributed by atoms with Gasteiger partial charge in [0.15, 0.2) is 5.16 Å². The molecule has 0 aliphatic heterocycles. The number of aromatic nitrogens is 2. The number of aryl methyl sites for hydroxylation is 1. The van der Waals surface area contributed by atoms with Crippen LogP contribution in [-0.2, 0) is 0 Å². The normalized spacial score (nSPS) is 10.4. The van der Waals surface area contributed by atoms with Crippen LogP contribution >= 0.6 is 24.2 Å². The van der Waals surface area contributed by atoms with Crippen LogP contribution in [0.1, 0.15) is 11.1 Å². The van der Waals surface area contributed by atoms with Gasteiger partial charge < -0.3 is 5.32 Å². The number of halogens is 1. The van der Waals surface area contributed by atoms with Gasteiger partial charge in [0, 0.05) is 11.8 Å². The van der Waals surface area contributed by atoms with Crippen molar-refractivity contribution in [2.24, 2.45) is 0 Å². The van der Waals surface area contributed by atoms with Crippen LogP contribution in [-0.4, -0.2) is 9.97 Å². The topological polar surface area (TPSA) is 37.8 Å². The molecule has 2 aromatic rings. The van der Waals surface area contributed by atoms with E-state index in [9.17, 15) is 0 Å². The van der Waals surface area contributed by atoms with Crippen molar-refractivity contribution < 1.29 is 0 Å². The van der Waals surface area contributed by atoms with Crippen molar-refractivity contribution in [1.29, 1.82) is 0 Å². The van der Waals surface area contributed by atoms with Gasteiger partial charge in [-0.15, -0.1) is 12.6 Å². The van der Waals surface area contributed by atoms with E-state index in [1.54, 1.807) is 6.07 Å². The third-order valence-electron chi connectivity index (χ3n) is 2.55. The van der Waals surface area contributed by atoms with Gasteiger partial charge in [-0.25, -0.2) is 9.97 Å². The summed E-state index contributed by atoms with van der Waals surface area (Å²) in [6.45, 7) is 4.12. The van der Waals surface area contributed by atoms with E-state index in [-0.39, 0.29) is 0 Å². The monoisotopic (exact) mass is 265 g/mol. The van der Waals surface area contributed by atoms with Crippen molar-refractivity contribution in [2.75, 3.05) is 5.32 Å². The summed E-state index contributed by atoms with van der Waals surface area (Å²) in [6, 6.07) is 7.73. The third-order valence-corrected chi connectivity index (χ3v) is 2.94. The molecule has 88 valence electrons. The molecule has 5 heteroatoms. The Morgan fingerprint density at radius 3 is 2.71 bits per heavy atom. The first-order chi connectivity index (χ1) is 8.06. The molecule has 2 rings (SSSR count). The summed E-state index contributed by atoms with van der Waals surface area (Å²) in [7, 11) is 0. The van der Waals surface area contributed by atoms with Crippen molar-refractivity contribution in [1.82, 2.24) is 9.97 Å². The van der Waals surface area contributed by atoms with Gasteiger partial charge in [0.05, 0.1) is 0 Å². The van der Waals surface area contributed by atoms with E-state index >= 15 is 0 Å². The van der Waals surface area contributed by atoms with Gasteiger partial charge in [-0.05, 0) is 31.0 Å². The van der Waals surface area contributed by atoms with Gasteiger partial charge in [0.1, 0.15) is 11.0 Å². The second-order valence-electron chi connectivity index (χ2n) is 3.75. The highest BCUT2D eigenvalue weighted by atomic mass is 35.5. The molecule has 0 atom stereocenters. The molecule has 0 fully saturated rings. The van der Waals surface area contributed by atoms with Crippen molar-refractivity contribution in [2.45, 2.75) is 19.0 Å². The molecule has 1 aromatic heterocycles. The first-order valence-corrected chi connectivity index (χ1v) is 5.95. The molecule has 0 spiro atoms. The van der Waals surface area contributed by atoms with Gasteiger partial charge in [-0.1, -0.05) is 23.7 Å². The zero-order valence-electron chi connectivity index (χ0n) is 9.53. The lowest BCUT2D eigenvalue weighted by atomic mass is 10.1. The Morgan fingerprint density at radius 1 is 1.24 bits per heavy atom.